The Balaban J connectivity index is 1.70. The summed E-state index contributed by atoms with van der Waals surface area (Å²) in [4.78, 5) is 0. The minimum Gasteiger partial charge on any atom is -0.375 e. The highest BCUT2D eigenvalue weighted by Crippen LogP contribution is 2.37. The molecule has 3 unspecified atom stereocenters. The molecule has 0 aromatic rings. The minimum atomic E-state index is 0.0884. The van der Waals surface area contributed by atoms with Gasteiger partial charge in [-0.05, 0) is 51.5 Å². The molecule has 0 aromatic heterocycles. The summed E-state index contributed by atoms with van der Waals surface area (Å²) in [5, 5.41) is 3.69. The number of hydrogen-bond donors (Lipinski definition) is 1. The van der Waals surface area contributed by atoms with E-state index >= 15 is 0 Å². The van der Waals surface area contributed by atoms with Crippen LogP contribution in [0.25, 0.3) is 0 Å². The summed E-state index contributed by atoms with van der Waals surface area (Å²) < 4.78 is 5.70. The number of nitrogens with one attached hydrogen (secondary N) is 1. The maximum Gasteiger partial charge on any atom is 0.0641 e. The minimum absolute atomic E-state index is 0.0884. The lowest BCUT2D eigenvalue weighted by Gasteiger charge is -2.36. The van der Waals surface area contributed by atoms with Gasteiger partial charge in [-0.1, -0.05) is 6.92 Å². The summed E-state index contributed by atoms with van der Waals surface area (Å²) in [6.07, 6.45) is 3.78. The van der Waals surface area contributed by atoms with Crippen molar-refractivity contribution in [2.24, 2.45) is 11.8 Å². The van der Waals surface area contributed by atoms with Crippen LogP contribution >= 0.6 is 0 Å². The van der Waals surface area contributed by atoms with Gasteiger partial charge in [-0.3, -0.25) is 0 Å². The first-order chi connectivity index (χ1) is 6.57. The summed E-state index contributed by atoms with van der Waals surface area (Å²) in [7, 11) is 0. The molecule has 0 bridgehead atoms. The van der Waals surface area contributed by atoms with E-state index in [1.54, 1.807) is 0 Å². The number of hydrogen-bond acceptors (Lipinski definition) is 2. The van der Waals surface area contributed by atoms with E-state index < -0.39 is 0 Å². The second-order valence-electron chi connectivity index (χ2n) is 5.68. The highest BCUT2D eigenvalue weighted by molar-refractivity contribution is 4.88. The van der Waals surface area contributed by atoms with Crippen LogP contribution in [0.3, 0.4) is 0 Å². The average molecular weight is 197 g/mol. The summed E-state index contributed by atoms with van der Waals surface area (Å²) >= 11 is 0. The van der Waals surface area contributed by atoms with Crippen molar-refractivity contribution in [1.82, 2.24) is 5.32 Å². The van der Waals surface area contributed by atoms with Crippen LogP contribution in [0.4, 0.5) is 0 Å². The Kier molecular flexibility index (Phi) is 2.85. The van der Waals surface area contributed by atoms with E-state index in [9.17, 15) is 0 Å². The van der Waals surface area contributed by atoms with Gasteiger partial charge in [0.05, 0.1) is 5.60 Å². The molecule has 1 aliphatic carbocycles. The molecule has 14 heavy (non-hydrogen) atoms. The summed E-state index contributed by atoms with van der Waals surface area (Å²) in [5.41, 5.74) is 0.0884. The Morgan fingerprint density at radius 1 is 1.43 bits per heavy atom. The van der Waals surface area contributed by atoms with E-state index in [1.807, 2.05) is 0 Å². The molecule has 1 saturated heterocycles. The Morgan fingerprint density at radius 3 is 2.71 bits per heavy atom. The molecule has 0 aromatic carbocycles. The second-order valence-corrected chi connectivity index (χ2v) is 5.68. The molecule has 3 atom stereocenters. The van der Waals surface area contributed by atoms with Gasteiger partial charge < -0.3 is 10.1 Å². The maximum atomic E-state index is 5.70. The summed E-state index contributed by atoms with van der Waals surface area (Å²) in [6.45, 7) is 8.88. The van der Waals surface area contributed by atoms with E-state index in [1.165, 1.54) is 19.4 Å². The number of ether oxygens (including phenoxy) is 1. The van der Waals surface area contributed by atoms with Gasteiger partial charge in [-0.2, -0.15) is 0 Å². The topological polar surface area (TPSA) is 21.3 Å². The standard InChI is InChI=1S/C12H23NO/c1-9-6-10(9)8-13-11-4-5-14-12(2,3)7-11/h9-11,13H,4-8H2,1-3H3. The highest BCUT2D eigenvalue weighted by Gasteiger charge is 2.34. The molecule has 0 spiro atoms. The fourth-order valence-electron chi connectivity index (χ4n) is 2.41. The van der Waals surface area contributed by atoms with Crippen LogP contribution in [0.2, 0.25) is 0 Å². The van der Waals surface area contributed by atoms with Crippen molar-refractivity contribution in [1.29, 1.82) is 0 Å². The molecule has 2 heteroatoms. The van der Waals surface area contributed by atoms with Crippen LogP contribution in [0.5, 0.6) is 0 Å². The molecule has 2 nitrogen and oxygen atoms in total. The Labute approximate surface area is 87.4 Å². The predicted molar refractivity (Wildman–Crippen MR) is 58.3 cm³/mol. The van der Waals surface area contributed by atoms with Crippen LogP contribution in [0.15, 0.2) is 0 Å². The molecule has 1 saturated carbocycles. The van der Waals surface area contributed by atoms with Gasteiger partial charge in [-0.15, -0.1) is 0 Å². The smallest absolute Gasteiger partial charge is 0.0641 e. The SMILES string of the molecule is CC1CC1CNC1CCOC(C)(C)C1. The maximum absolute atomic E-state index is 5.70. The molecule has 0 radical (unpaired) electrons. The van der Waals surface area contributed by atoms with Gasteiger partial charge in [0.25, 0.3) is 0 Å². The molecule has 1 aliphatic heterocycles. The van der Waals surface area contributed by atoms with Gasteiger partial charge >= 0.3 is 0 Å². The zero-order valence-corrected chi connectivity index (χ0v) is 9.68. The Morgan fingerprint density at radius 2 is 2.14 bits per heavy atom. The zero-order valence-electron chi connectivity index (χ0n) is 9.68. The van der Waals surface area contributed by atoms with Gasteiger partial charge in [0.1, 0.15) is 0 Å². The summed E-state index contributed by atoms with van der Waals surface area (Å²) in [5.74, 6) is 1.93. The van der Waals surface area contributed by atoms with E-state index in [4.69, 9.17) is 4.74 Å². The van der Waals surface area contributed by atoms with E-state index in [0.29, 0.717) is 6.04 Å². The molecule has 82 valence electrons. The first-order valence-electron chi connectivity index (χ1n) is 5.94. The zero-order chi connectivity index (χ0) is 10.2. The first kappa shape index (κ1) is 10.4. The Hall–Kier alpha value is -0.0800. The van der Waals surface area contributed by atoms with E-state index in [2.05, 4.69) is 26.1 Å². The molecular weight excluding hydrogens is 174 g/mol. The quantitative estimate of drug-likeness (QED) is 0.749. The van der Waals surface area contributed by atoms with Crippen molar-refractivity contribution in [2.45, 2.75) is 51.7 Å². The summed E-state index contributed by atoms with van der Waals surface area (Å²) in [6, 6.07) is 0.687. The van der Waals surface area contributed by atoms with Gasteiger partial charge in [0, 0.05) is 12.6 Å². The van der Waals surface area contributed by atoms with Crippen LogP contribution in [0, 0.1) is 11.8 Å². The lowest BCUT2D eigenvalue weighted by molar-refractivity contribution is -0.0629. The first-order valence-corrected chi connectivity index (χ1v) is 5.94. The third-order valence-corrected chi connectivity index (χ3v) is 3.64. The van der Waals surface area contributed by atoms with Crippen LogP contribution in [0.1, 0.15) is 40.0 Å². The monoisotopic (exact) mass is 197 g/mol. The fourth-order valence-corrected chi connectivity index (χ4v) is 2.41. The largest absolute Gasteiger partial charge is 0.375 e. The molecule has 1 heterocycles. The van der Waals surface area contributed by atoms with Gasteiger partial charge in [-0.25, -0.2) is 0 Å². The van der Waals surface area contributed by atoms with Gasteiger partial charge in [0.15, 0.2) is 0 Å². The fraction of sp³-hybridized carbons (Fsp3) is 1.00. The van der Waals surface area contributed by atoms with Crippen LogP contribution < -0.4 is 5.32 Å². The lowest BCUT2D eigenvalue weighted by atomic mass is 9.94. The van der Waals surface area contributed by atoms with Crippen molar-refractivity contribution >= 4 is 0 Å². The highest BCUT2D eigenvalue weighted by atomic mass is 16.5. The average Bonchev–Trinajstić information content (AvgIpc) is 2.77. The second kappa shape index (κ2) is 3.82. The molecule has 1 N–H and O–H groups in total. The van der Waals surface area contributed by atoms with Crippen LogP contribution in [-0.2, 0) is 4.74 Å². The van der Waals surface area contributed by atoms with Crippen molar-refractivity contribution in [2.75, 3.05) is 13.2 Å². The molecular formula is C12H23NO. The molecule has 0 amide bonds. The van der Waals surface area contributed by atoms with Crippen LogP contribution in [-0.4, -0.2) is 24.8 Å². The van der Waals surface area contributed by atoms with E-state index in [-0.39, 0.29) is 5.60 Å². The third-order valence-electron chi connectivity index (χ3n) is 3.64. The molecule has 2 fully saturated rings. The van der Waals surface area contributed by atoms with Crippen molar-refractivity contribution in [3.8, 4) is 0 Å². The lowest BCUT2D eigenvalue weighted by Crippen LogP contribution is -2.44. The number of rotatable bonds is 3. The molecule has 2 aliphatic rings. The van der Waals surface area contributed by atoms with Gasteiger partial charge in [0.2, 0.25) is 0 Å². The van der Waals surface area contributed by atoms with Crippen molar-refractivity contribution < 1.29 is 4.74 Å². The van der Waals surface area contributed by atoms with E-state index in [0.717, 1.165) is 24.9 Å². The van der Waals surface area contributed by atoms with Crippen molar-refractivity contribution in [3.05, 3.63) is 0 Å². The Bertz CT molecular complexity index is 202. The van der Waals surface area contributed by atoms with Crippen molar-refractivity contribution in [3.63, 3.8) is 0 Å². The third kappa shape index (κ3) is 2.71. The molecule has 2 rings (SSSR count). The normalized spacial score (nSPS) is 40.9. The predicted octanol–water partition coefficient (Wildman–Crippen LogP) is 2.19.